The van der Waals surface area contributed by atoms with Gasteiger partial charge in [-0.05, 0) is 35.9 Å². The molecule has 2 rings (SSSR count). The molecule has 0 saturated carbocycles. The molecule has 0 saturated heterocycles. The van der Waals surface area contributed by atoms with Gasteiger partial charge >= 0.3 is 0 Å². The van der Waals surface area contributed by atoms with Gasteiger partial charge in [-0.15, -0.1) is 0 Å². The second-order valence-electron chi connectivity index (χ2n) is 4.19. The second-order valence-corrected chi connectivity index (χ2v) is 5.92. The molecule has 2 nitrogen and oxygen atoms in total. The van der Waals surface area contributed by atoms with Gasteiger partial charge in [0.05, 0.1) is 22.7 Å². The molecule has 0 bridgehead atoms. The topological polar surface area (TPSA) is 26.3 Å². The number of rotatable bonds is 4. The number of ether oxygens (including phenoxy) is 1. The van der Waals surface area contributed by atoms with E-state index in [9.17, 15) is 4.79 Å². The Labute approximate surface area is 135 Å². The predicted molar refractivity (Wildman–Crippen MR) is 85.2 cm³/mol. The third-order valence-corrected chi connectivity index (χ3v) is 4.04. The van der Waals surface area contributed by atoms with Crippen LogP contribution in [0.5, 0.6) is 5.75 Å². The van der Waals surface area contributed by atoms with Gasteiger partial charge in [-0.1, -0.05) is 45.2 Å². The monoisotopic (exact) mass is 372 g/mol. The van der Waals surface area contributed by atoms with Gasteiger partial charge in [-0.3, -0.25) is 4.79 Å². The first-order valence-corrected chi connectivity index (χ1v) is 7.37. The largest absolute Gasteiger partial charge is 0.496 e. The summed E-state index contributed by atoms with van der Waals surface area (Å²) in [6.07, 6.45) is 0.240. The van der Waals surface area contributed by atoms with Crippen molar-refractivity contribution in [2.75, 3.05) is 7.11 Å². The van der Waals surface area contributed by atoms with E-state index in [1.807, 2.05) is 6.07 Å². The molecule has 0 atom stereocenters. The van der Waals surface area contributed by atoms with Crippen LogP contribution in [0.4, 0.5) is 0 Å². The molecule has 0 fully saturated rings. The number of methoxy groups -OCH3 is 1. The Hall–Kier alpha value is -1.03. The van der Waals surface area contributed by atoms with Gasteiger partial charge < -0.3 is 4.74 Å². The van der Waals surface area contributed by atoms with Crippen LogP contribution in [0.25, 0.3) is 0 Å². The zero-order valence-electron chi connectivity index (χ0n) is 10.6. The first-order chi connectivity index (χ1) is 9.51. The zero-order chi connectivity index (χ0) is 14.7. The molecule has 0 aliphatic carbocycles. The Balaban J connectivity index is 2.27. The minimum absolute atomic E-state index is 0.0402. The van der Waals surface area contributed by atoms with E-state index in [4.69, 9.17) is 27.9 Å². The maximum atomic E-state index is 12.4. The maximum Gasteiger partial charge on any atom is 0.170 e. The van der Waals surface area contributed by atoms with Gasteiger partial charge in [0, 0.05) is 10.9 Å². The highest BCUT2D eigenvalue weighted by Crippen LogP contribution is 2.26. The van der Waals surface area contributed by atoms with Crippen LogP contribution in [0.3, 0.4) is 0 Å². The van der Waals surface area contributed by atoms with Crippen molar-refractivity contribution in [1.82, 2.24) is 0 Å². The molecule has 0 amide bonds. The van der Waals surface area contributed by atoms with E-state index in [2.05, 4.69) is 15.9 Å². The Morgan fingerprint density at radius 1 is 1.15 bits per heavy atom. The molecule has 0 aromatic heterocycles. The smallest absolute Gasteiger partial charge is 0.170 e. The average Bonchev–Trinajstić information content (AvgIpc) is 2.43. The summed E-state index contributed by atoms with van der Waals surface area (Å²) in [5.74, 6) is 0.514. The summed E-state index contributed by atoms with van der Waals surface area (Å²) in [7, 11) is 1.54. The van der Waals surface area contributed by atoms with Gasteiger partial charge in [-0.25, -0.2) is 0 Å². The van der Waals surface area contributed by atoms with E-state index >= 15 is 0 Å². The number of benzene rings is 2. The van der Waals surface area contributed by atoms with E-state index < -0.39 is 0 Å². The standard InChI is InChI=1S/C15H11BrCl2O2/c1-20-15-5-3-10(16)8-11(15)14(19)7-9-2-4-12(17)13(18)6-9/h2-6,8H,7H2,1H3. The highest BCUT2D eigenvalue weighted by Gasteiger charge is 2.14. The minimum Gasteiger partial charge on any atom is -0.496 e. The molecule has 2 aromatic rings. The molecule has 0 heterocycles. The molecular weight excluding hydrogens is 363 g/mol. The summed E-state index contributed by atoms with van der Waals surface area (Å²) in [4.78, 5) is 12.4. The highest BCUT2D eigenvalue weighted by molar-refractivity contribution is 9.10. The number of carbonyl (C=O) groups excluding carboxylic acids is 1. The lowest BCUT2D eigenvalue weighted by Gasteiger charge is -2.08. The summed E-state index contributed by atoms with van der Waals surface area (Å²) >= 11 is 15.2. The molecule has 0 spiro atoms. The molecule has 104 valence electrons. The lowest BCUT2D eigenvalue weighted by molar-refractivity contribution is 0.0990. The zero-order valence-corrected chi connectivity index (χ0v) is 13.7. The molecule has 0 N–H and O–H groups in total. The normalized spacial score (nSPS) is 10.4. The van der Waals surface area contributed by atoms with Crippen LogP contribution in [-0.4, -0.2) is 12.9 Å². The maximum absolute atomic E-state index is 12.4. The Bertz CT molecular complexity index is 656. The van der Waals surface area contributed by atoms with Crippen LogP contribution in [0.15, 0.2) is 40.9 Å². The first kappa shape index (κ1) is 15.4. The van der Waals surface area contributed by atoms with E-state index in [0.29, 0.717) is 21.4 Å². The minimum atomic E-state index is -0.0402. The SMILES string of the molecule is COc1ccc(Br)cc1C(=O)Cc1ccc(Cl)c(Cl)c1. The summed E-state index contributed by atoms with van der Waals surface area (Å²) in [5, 5.41) is 0.918. The van der Waals surface area contributed by atoms with Gasteiger partial charge in [0.1, 0.15) is 5.75 Å². The van der Waals surface area contributed by atoms with Crippen molar-refractivity contribution < 1.29 is 9.53 Å². The quantitative estimate of drug-likeness (QED) is 0.689. The second kappa shape index (κ2) is 6.61. The van der Waals surface area contributed by atoms with E-state index in [-0.39, 0.29) is 12.2 Å². The molecular formula is C15H11BrCl2O2. The van der Waals surface area contributed by atoms with Gasteiger partial charge in [-0.2, -0.15) is 0 Å². The third kappa shape index (κ3) is 3.54. The Kier molecular flexibility index (Phi) is 5.08. The van der Waals surface area contributed by atoms with Gasteiger partial charge in [0.25, 0.3) is 0 Å². The lowest BCUT2D eigenvalue weighted by Crippen LogP contribution is -2.06. The molecule has 5 heteroatoms. The van der Waals surface area contributed by atoms with Crippen molar-refractivity contribution in [2.45, 2.75) is 6.42 Å². The van der Waals surface area contributed by atoms with Crippen molar-refractivity contribution in [3.63, 3.8) is 0 Å². The van der Waals surface area contributed by atoms with Crippen LogP contribution in [0, 0.1) is 0 Å². The summed E-state index contributed by atoms with van der Waals surface area (Å²) in [5.41, 5.74) is 1.35. The van der Waals surface area contributed by atoms with E-state index in [1.54, 1.807) is 37.4 Å². The third-order valence-electron chi connectivity index (χ3n) is 2.81. The highest BCUT2D eigenvalue weighted by atomic mass is 79.9. The fraction of sp³-hybridized carbons (Fsp3) is 0.133. The summed E-state index contributed by atoms with van der Waals surface area (Å²) in [6.45, 7) is 0. The van der Waals surface area contributed by atoms with Crippen molar-refractivity contribution >= 4 is 44.9 Å². The number of hydrogen-bond acceptors (Lipinski definition) is 2. The van der Waals surface area contributed by atoms with Crippen molar-refractivity contribution in [1.29, 1.82) is 0 Å². The Morgan fingerprint density at radius 2 is 1.90 bits per heavy atom. The number of hydrogen-bond donors (Lipinski definition) is 0. The first-order valence-electron chi connectivity index (χ1n) is 5.82. The number of halogens is 3. The summed E-state index contributed by atoms with van der Waals surface area (Å²) < 4.78 is 6.04. The number of ketones is 1. The molecule has 0 aliphatic heterocycles. The number of Topliss-reactive ketones (excluding diaryl/α,β-unsaturated/α-hetero) is 1. The summed E-state index contributed by atoms with van der Waals surface area (Å²) in [6, 6.07) is 10.5. The average molecular weight is 374 g/mol. The fourth-order valence-corrected chi connectivity index (χ4v) is 2.51. The van der Waals surface area contributed by atoms with Crippen molar-refractivity contribution in [2.24, 2.45) is 0 Å². The van der Waals surface area contributed by atoms with Crippen LogP contribution in [-0.2, 0) is 6.42 Å². The van der Waals surface area contributed by atoms with Crippen LogP contribution in [0.2, 0.25) is 10.0 Å². The van der Waals surface area contributed by atoms with Crippen molar-refractivity contribution in [3.05, 3.63) is 62.0 Å². The van der Waals surface area contributed by atoms with Gasteiger partial charge in [0.15, 0.2) is 5.78 Å². The molecule has 2 aromatic carbocycles. The van der Waals surface area contributed by atoms with Crippen LogP contribution < -0.4 is 4.74 Å². The van der Waals surface area contributed by atoms with Crippen molar-refractivity contribution in [3.8, 4) is 5.75 Å². The molecule has 20 heavy (non-hydrogen) atoms. The fourth-order valence-electron chi connectivity index (χ4n) is 1.83. The van der Waals surface area contributed by atoms with E-state index in [1.165, 1.54) is 0 Å². The lowest BCUT2D eigenvalue weighted by atomic mass is 10.0. The molecule has 0 aliphatic rings. The van der Waals surface area contributed by atoms with Crippen LogP contribution in [0.1, 0.15) is 15.9 Å². The van der Waals surface area contributed by atoms with Gasteiger partial charge in [0.2, 0.25) is 0 Å². The Morgan fingerprint density at radius 3 is 2.55 bits per heavy atom. The molecule has 0 unspecified atom stereocenters. The van der Waals surface area contributed by atoms with Crippen LogP contribution >= 0.6 is 39.1 Å². The predicted octanol–water partition coefficient (Wildman–Crippen LogP) is 5.19. The number of carbonyl (C=O) groups is 1. The van der Waals surface area contributed by atoms with E-state index in [0.717, 1.165) is 10.0 Å². The molecule has 0 radical (unpaired) electrons.